The van der Waals surface area contributed by atoms with E-state index in [4.69, 9.17) is 0 Å². The Morgan fingerprint density at radius 2 is 2.24 bits per heavy atom. The molecule has 116 valence electrons. The molecule has 8 nitrogen and oxygen atoms in total. The highest BCUT2D eigenvalue weighted by molar-refractivity contribution is 5.60. The molecule has 1 aliphatic heterocycles. The van der Waals surface area contributed by atoms with Crippen LogP contribution < -0.4 is 10.6 Å². The summed E-state index contributed by atoms with van der Waals surface area (Å²) in [6, 6.07) is 0. The van der Waals surface area contributed by atoms with Crippen molar-refractivity contribution in [1.29, 1.82) is 0 Å². The van der Waals surface area contributed by atoms with Gasteiger partial charge in [-0.05, 0) is 32.4 Å². The molecule has 1 aromatic rings. The summed E-state index contributed by atoms with van der Waals surface area (Å²) in [7, 11) is 1.69. The minimum atomic E-state index is -0.426. The zero-order valence-electron chi connectivity index (χ0n) is 12.7. The van der Waals surface area contributed by atoms with Crippen LogP contribution in [0.2, 0.25) is 0 Å². The number of aryl methyl sites for hydroxylation is 1. The van der Waals surface area contributed by atoms with Gasteiger partial charge in [-0.3, -0.25) is 10.1 Å². The zero-order valence-corrected chi connectivity index (χ0v) is 12.7. The van der Waals surface area contributed by atoms with E-state index in [-0.39, 0.29) is 5.69 Å². The summed E-state index contributed by atoms with van der Waals surface area (Å²) >= 11 is 0. The fourth-order valence-electron chi connectivity index (χ4n) is 2.63. The largest absolute Gasteiger partial charge is 0.364 e. The lowest BCUT2D eigenvalue weighted by Gasteiger charge is -2.14. The van der Waals surface area contributed by atoms with Gasteiger partial charge in [-0.15, -0.1) is 0 Å². The first-order valence-corrected chi connectivity index (χ1v) is 7.22. The van der Waals surface area contributed by atoms with Gasteiger partial charge in [-0.2, -0.15) is 4.98 Å². The quantitative estimate of drug-likeness (QED) is 0.606. The monoisotopic (exact) mass is 294 g/mol. The number of anilines is 2. The second kappa shape index (κ2) is 6.66. The van der Waals surface area contributed by atoms with Gasteiger partial charge >= 0.3 is 5.69 Å². The first kappa shape index (κ1) is 15.4. The lowest BCUT2D eigenvalue weighted by atomic mass is 10.1. The molecule has 0 aliphatic carbocycles. The summed E-state index contributed by atoms with van der Waals surface area (Å²) in [6.45, 7) is 7.63. The van der Waals surface area contributed by atoms with Crippen molar-refractivity contribution in [1.82, 2.24) is 14.9 Å². The van der Waals surface area contributed by atoms with Gasteiger partial charge in [0.2, 0.25) is 11.8 Å². The Labute approximate surface area is 124 Å². The molecule has 0 amide bonds. The average Bonchev–Trinajstić information content (AvgIpc) is 2.91. The van der Waals surface area contributed by atoms with E-state index in [0.29, 0.717) is 29.9 Å². The minimum Gasteiger partial charge on any atom is -0.364 e. The molecular weight excluding hydrogens is 272 g/mol. The Bertz CT molecular complexity index is 522. The van der Waals surface area contributed by atoms with E-state index < -0.39 is 4.92 Å². The summed E-state index contributed by atoms with van der Waals surface area (Å²) in [6.07, 6.45) is 1.11. The van der Waals surface area contributed by atoms with Crippen LogP contribution >= 0.6 is 0 Å². The van der Waals surface area contributed by atoms with Gasteiger partial charge in [-0.25, -0.2) is 4.98 Å². The molecule has 2 heterocycles. The SMILES string of the molecule is CCN1CCC(CNc2nc(NC)nc(C)c2[N+](=O)[O-])C1. The molecule has 0 spiro atoms. The maximum atomic E-state index is 11.2. The summed E-state index contributed by atoms with van der Waals surface area (Å²) in [5, 5.41) is 17.2. The molecule has 0 aromatic carbocycles. The molecule has 1 unspecified atom stereocenters. The molecular formula is C13H22N6O2. The standard InChI is InChI=1S/C13H22N6O2/c1-4-18-6-5-10(8-18)7-15-12-11(19(20)21)9(2)16-13(14-3)17-12/h10H,4-8H2,1-3H3,(H2,14,15,16,17). The van der Waals surface area contributed by atoms with Crippen LogP contribution in [0.4, 0.5) is 17.5 Å². The van der Waals surface area contributed by atoms with E-state index in [1.165, 1.54) is 0 Å². The summed E-state index contributed by atoms with van der Waals surface area (Å²) in [5.41, 5.74) is 0.322. The number of hydrogen-bond donors (Lipinski definition) is 2. The second-order valence-corrected chi connectivity index (χ2v) is 5.27. The van der Waals surface area contributed by atoms with Gasteiger partial charge in [0.05, 0.1) is 4.92 Å². The van der Waals surface area contributed by atoms with Crippen LogP contribution in [0.1, 0.15) is 19.0 Å². The van der Waals surface area contributed by atoms with E-state index in [0.717, 1.165) is 26.1 Å². The van der Waals surface area contributed by atoms with Crippen LogP contribution in [0.25, 0.3) is 0 Å². The summed E-state index contributed by atoms with van der Waals surface area (Å²) in [4.78, 5) is 21.4. The van der Waals surface area contributed by atoms with Crippen molar-refractivity contribution in [3.8, 4) is 0 Å². The first-order chi connectivity index (χ1) is 10.0. The molecule has 0 radical (unpaired) electrons. The van der Waals surface area contributed by atoms with Crippen molar-refractivity contribution < 1.29 is 4.92 Å². The highest BCUT2D eigenvalue weighted by Gasteiger charge is 2.25. The summed E-state index contributed by atoms with van der Waals surface area (Å²) < 4.78 is 0. The molecule has 1 atom stereocenters. The molecule has 1 fully saturated rings. The molecule has 0 saturated carbocycles. The van der Waals surface area contributed by atoms with E-state index in [9.17, 15) is 10.1 Å². The fraction of sp³-hybridized carbons (Fsp3) is 0.692. The van der Waals surface area contributed by atoms with Crippen LogP contribution in [0.5, 0.6) is 0 Å². The number of aromatic nitrogens is 2. The smallest absolute Gasteiger partial charge is 0.332 e. The van der Waals surface area contributed by atoms with Crippen molar-refractivity contribution in [2.24, 2.45) is 5.92 Å². The molecule has 2 N–H and O–H groups in total. The van der Waals surface area contributed by atoms with Gasteiger partial charge < -0.3 is 15.5 Å². The lowest BCUT2D eigenvalue weighted by molar-refractivity contribution is -0.385. The average molecular weight is 294 g/mol. The van der Waals surface area contributed by atoms with Gasteiger partial charge in [-0.1, -0.05) is 6.92 Å². The molecule has 8 heteroatoms. The van der Waals surface area contributed by atoms with E-state index >= 15 is 0 Å². The topological polar surface area (TPSA) is 96.2 Å². The fourth-order valence-corrected chi connectivity index (χ4v) is 2.63. The Morgan fingerprint density at radius 3 is 2.81 bits per heavy atom. The van der Waals surface area contributed by atoms with Gasteiger partial charge in [0.25, 0.3) is 0 Å². The lowest BCUT2D eigenvalue weighted by Crippen LogP contribution is -2.23. The second-order valence-electron chi connectivity index (χ2n) is 5.27. The third-order valence-electron chi connectivity index (χ3n) is 3.84. The number of nitro groups is 1. The van der Waals surface area contributed by atoms with E-state index in [2.05, 4.69) is 32.4 Å². The predicted molar refractivity (Wildman–Crippen MR) is 81.7 cm³/mol. The number of nitrogens with zero attached hydrogens (tertiary/aromatic N) is 4. The van der Waals surface area contributed by atoms with E-state index in [1.807, 2.05) is 0 Å². The van der Waals surface area contributed by atoms with Gasteiger partial charge in [0.15, 0.2) is 0 Å². The van der Waals surface area contributed by atoms with Crippen LogP contribution in [0.15, 0.2) is 0 Å². The van der Waals surface area contributed by atoms with Crippen molar-refractivity contribution in [2.45, 2.75) is 20.3 Å². The van der Waals surface area contributed by atoms with Crippen LogP contribution in [0.3, 0.4) is 0 Å². The molecule has 2 rings (SSSR count). The molecule has 0 bridgehead atoms. The molecule has 1 aromatic heterocycles. The van der Waals surface area contributed by atoms with Crippen LogP contribution in [-0.2, 0) is 0 Å². The Balaban J connectivity index is 2.11. The predicted octanol–water partition coefficient (Wildman–Crippen LogP) is 1.49. The number of nitrogens with one attached hydrogen (secondary N) is 2. The van der Waals surface area contributed by atoms with Crippen molar-refractivity contribution in [3.63, 3.8) is 0 Å². The Kier molecular flexibility index (Phi) is 4.89. The van der Waals surface area contributed by atoms with Gasteiger partial charge in [0, 0.05) is 20.1 Å². The van der Waals surface area contributed by atoms with Crippen LogP contribution in [0, 0.1) is 23.0 Å². The van der Waals surface area contributed by atoms with Gasteiger partial charge in [0.1, 0.15) is 5.69 Å². The third-order valence-corrected chi connectivity index (χ3v) is 3.84. The maximum absolute atomic E-state index is 11.2. The highest BCUT2D eigenvalue weighted by atomic mass is 16.6. The molecule has 1 saturated heterocycles. The van der Waals surface area contributed by atoms with Crippen molar-refractivity contribution >= 4 is 17.5 Å². The Morgan fingerprint density at radius 1 is 1.48 bits per heavy atom. The Hall–Kier alpha value is -1.96. The van der Waals surface area contributed by atoms with Crippen molar-refractivity contribution in [3.05, 3.63) is 15.8 Å². The highest BCUT2D eigenvalue weighted by Crippen LogP contribution is 2.27. The zero-order chi connectivity index (χ0) is 15.4. The number of hydrogen-bond acceptors (Lipinski definition) is 7. The number of likely N-dealkylation sites (tertiary alicyclic amines) is 1. The van der Waals surface area contributed by atoms with E-state index in [1.54, 1.807) is 14.0 Å². The van der Waals surface area contributed by atoms with Crippen molar-refractivity contribution in [2.75, 3.05) is 43.9 Å². The first-order valence-electron chi connectivity index (χ1n) is 7.22. The summed E-state index contributed by atoms with van der Waals surface area (Å²) in [5.74, 6) is 1.19. The molecule has 21 heavy (non-hydrogen) atoms. The minimum absolute atomic E-state index is 0.0423. The third kappa shape index (κ3) is 3.57. The molecule has 1 aliphatic rings. The normalized spacial score (nSPS) is 18.7. The maximum Gasteiger partial charge on any atom is 0.332 e. The number of rotatable bonds is 6. The van der Waals surface area contributed by atoms with Crippen LogP contribution in [-0.4, -0.2) is 53.0 Å².